The number of benzene rings is 1. The molecule has 1 aromatic carbocycles. The van der Waals surface area contributed by atoms with Gasteiger partial charge in [-0.3, -0.25) is 4.79 Å². The number of nitrogens with zero attached hydrogens (tertiary/aromatic N) is 1. The number of carbonyl (C=O) groups excluding carboxylic acids is 1. The Morgan fingerprint density at radius 1 is 1.33 bits per heavy atom. The fourth-order valence-electron chi connectivity index (χ4n) is 1.64. The van der Waals surface area contributed by atoms with Gasteiger partial charge in [0.1, 0.15) is 0 Å². The second-order valence-corrected chi connectivity index (χ2v) is 8.76. The van der Waals surface area contributed by atoms with Crippen LogP contribution < -0.4 is 5.32 Å². The van der Waals surface area contributed by atoms with Gasteiger partial charge >= 0.3 is 0 Å². The molecule has 1 heterocycles. The van der Waals surface area contributed by atoms with Crippen molar-refractivity contribution in [3.63, 3.8) is 0 Å². The molecule has 0 saturated carbocycles. The Morgan fingerprint density at radius 3 is 2.48 bits per heavy atom. The number of rotatable bonds is 4. The van der Waals surface area contributed by atoms with E-state index in [1.54, 1.807) is 11.3 Å². The molecule has 1 atom stereocenters. The average molecular weight is 450 g/mol. The minimum Gasteiger partial charge on any atom is -0.323 e. The first-order valence-corrected chi connectivity index (χ1v) is 9.56. The summed E-state index contributed by atoms with van der Waals surface area (Å²) < 4.78 is 2.65. The van der Waals surface area contributed by atoms with Gasteiger partial charge in [-0.05, 0) is 70.3 Å². The Balaban J connectivity index is 2.07. The fourth-order valence-corrected chi connectivity index (χ4v) is 5.23. The second-order valence-electron chi connectivity index (χ2n) is 4.61. The van der Waals surface area contributed by atoms with Crippen LogP contribution in [0.1, 0.15) is 18.2 Å². The van der Waals surface area contributed by atoms with Crippen molar-refractivity contribution in [2.45, 2.75) is 30.4 Å². The SMILES string of the molecule is Cc1cc(Br)c(NC(=O)[C@@H](C)Sc2nc(C)cs2)c(Br)c1. The van der Waals surface area contributed by atoms with Crippen LogP contribution in [0, 0.1) is 13.8 Å². The first-order valence-electron chi connectivity index (χ1n) is 6.22. The highest BCUT2D eigenvalue weighted by Gasteiger charge is 2.18. The molecule has 0 unspecified atom stereocenters. The van der Waals surface area contributed by atoms with E-state index in [1.807, 2.05) is 38.3 Å². The van der Waals surface area contributed by atoms with Crippen LogP contribution in [0.4, 0.5) is 5.69 Å². The van der Waals surface area contributed by atoms with Crippen molar-refractivity contribution in [1.82, 2.24) is 4.98 Å². The molecular formula is C14H14Br2N2OS2. The number of amides is 1. The first kappa shape index (κ1) is 17.0. The lowest BCUT2D eigenvalue weighted by Crippen LogP contribution is -2.22. The maximum atomic E-state index is 12.3. The summed E-state index contributed by atoms with van der Waals surface area (Å²) >= 11 is 10.0. The lowest BCUT2D eigenvalue weighted by Gasteiger charge is -2.14. The number of hydrogen-bond acceptors (Lipinski definition) is 4. The molecule has 0 fully saturated rings. The van der Waals surface area contributed by atoms with Gasteiger partial charge in [-0.25, -0.2) is 4.98 Å². The normalized spacial score (nSPS) is 12.2. The van der Waals surface area contributed by atoms with E-state index < -0.39 is 0 Å². The summed E-state index contributed by atoms with van der Waals surface area (Å²) in [6.45, 7) is 5.84. The van der Waals surface area contributed by atoms with Crippen molar-refractivity contribution in [2.75, 3.05) is 5.32 Å². The number of aryl methyl sites for hydroxylation is 2. The van der Waals surface area contributed by atoms with E-state index >= 15 is 0 Å². The van der Waals surface area contributed by atoms with Gasteiger partial charge in [0.25, 0.3) is 0 Å². The molecule has 0 spiro atoms. The molecule has 0 aliphatic heterocycles. The van der Waals surface area contributed by atoms with Crippen LogP contribution >= 0.6 is 55.0 Å². The highest BCUT2D eigenvalue weighted by molar-refractivity contribution is 9.11. The van der Waals surface area contributed by atoms with Crippen LogP contribution in [0.3, 0.4) is 0 Å². The largest absolute Gasteiger partial charge is 0.323 e. The highest BCUT2D eigenvalue weighted by Crippen LogP contribution is 2.33. The predicted molar refractivity (Wildman–Crippen MR) is 97.4 cm³/mol. The molecule has 0 radical (unpaired) electrons. The number of anilines is 1. The number of aromatic nitrogens is 1. The molecule has 3 nitrogen and oxygen atoms in total. The molecule has 0 aliphatic carbocycles. The van der Waals surface area contributed by atoms with Crippen LogP contribution in [0.5, 0.6) is 0 Å². The number of thioether (sulfide) groups is 1. The monoisotopic (exact) mass is 448 g/mol. The molecule has 0 aliphatic rings. The maximum Gasteiger partial charge on any atom is 0.237 e. The van der Waals surface area contributed by atoms with E-state index in [4.69, 9.17) is 0 Å². The summed E-state index contributed by atoms with van der Waals surface area (Å²) in [6.07, 6.45) is 0. The molecule has 2 aromatic rings. The Labute approximate surface area is 149 Å². The van der Waals surface area contributed by atoms with Crippen LogP contribution in [0.2, 0.25) is 0 Å². The van der Waals surface area contributed by atoms with Crippen LogP contribution in [-0.4, -0.2) is 16.1 Å². The van der Waals surface area contributed by atoms with Gasteiger partial charge in [-0.2, -0.15) is 0 Å². The summed E-state index contributed by atoms with van der Waals surface area (Å²) in [4.78, 5) is 16.7. The summed E-state index contributed by atoms with van der Waals surface area (Å²) in [5.41, 5.74) is 2.86. The van der Waals surface area contributed by atoms with Gasteiger partial charge in [-0.1, -0.05) is 11.8 Å². The zero-order valence-electron chi connectivity index (χ0n) is 11.7. The van der Waals surface area contributed by atoms with Crippen LogP contribution in [-0.2, 0) is 4.79 Å². The Morgan fingerprint density at radius 2 is 1.95 bits per heavy atom. The van der Waals surface area contributed by atoms with Gasteiger partial charge in [0.2, 0.25) is 5.91 Å². The standard InChI is InChI=1S/C14H14Br2N2OS2/c1-7-4-10(15)12(11(16)5-7)18-13(19)9(3)21-14-17-8(2)6-20-14/h4-6,9H,1-3H3,(H,18,19)/t9-/m1/s1. The van der Waals surface area contributed by atoms with Gasteiger partial charge in [0.15, 0.2) is 4.34 Å². The molecule has 2 rings (SSSR count). The Hall–Kier alpha value is -0.370. The van der Waals surface area contributed by atoms with E-state index in [9.17, 15) is 4.79 Å². The van der Waals surface area contributed by atoms with E-state index in [1.165, 1.54) is 11.8 Å². The van der Waals surface area contributed by atoms with Gasteiger partial charge in [0, 0.05) is 20.0 Å². The zero-order chi connectivity index (χ0) is 15.6. The third-order valence-electron chi connectivity index (χ3n) is 2.68. The van der Waals surface area contributed by atoms with Crippen molar-refractivity contribution < 1.29 is 4.79 Å². The lowest BCUT2D eigenvalue weighted by atomic mass is 10.2. The van der Waals surface area contributed by atoms with Crippen LogP contribution in [0.15, 0.2) is 30.8 Å². The van der Waals surface area contributed by atoms with E-state index in [2.05, 4.69) is 42.2 Å². The van der Waals surface area contributed by atoms with Crippen molar-refractivity contribution in [3.05, 3.63) is 37.7 Å². The van der Waals surface area contributed by atoms with Crippen molar-refractivity contribution >= 4 is 66.6 Å². The zero-order valence-corrected chi connectivity index (χ0v) is 16.5. The van der Waals surface area contributed by atoms with Gasteiger partial charge in [-0.15, -0.1) is 11.3 Å². The van der Waals surface area contributed by atoms with Crippen molar-refractivity contribution in [3.8, 4) is 0 Å². The summed E-state index contributed by atoms with van der Waals surface area (Å²) in [5.74, 6) is -0.0434. The number of halogens is 2. The Kier molecular flexibility index (Phi) is 5.88. The third-order valence-corrected chi connectivity index (χ3v) is 6.12. The van der Waals surface area contributed by atoms with E-state index in [-0.39, 0.29) is 11.2 Å². The van der Waals surface area contributed by atoms with Gasteiger partial charge < -0.3 is 5.32 Å². The van der Waals surface area contributed by atoms with Crippen molar-refractivity contribution in [2.24, 2.45) is 0 Å². The Bertz CT molecular complexity index is 650. The quantitative estimate of drug-likeness (QED) is 0.635. The second kappa shape index (κ2) is 7.26. The first-order chi connectivity index (χ1) is 9.86. The molecule has 21 heavy (non-hydrogen) atoms. The van der Waals surface area contributed by atoms with Crippen molar-refractivity contribution in [1.29, 1.82) is 0 Å². The fraction of sp³-hybridized carbons (Fsp3) is 0.286. The average Bonchev–Trinajstić information content (AvgIpc) is 2.78. The minimum absolute atomic E-state index is 0.0434. The number of thiazole rings is 1. The summed E-state index contributed by atoms with van der Waals surface area (Å²) in [5, 5.41) is 4.73. The molecule has 7 heteroatoms. The smallest absolute Gasteiger partial charge is 0.237 e. The van der Waals surface area contributed by atoms with E-state index in [0.29, 0.717) is 0 Å². The molecular weight excluding hydrogens is 436 g/mol. The molecule has 0 saturated heterocycles. The van der Waals surface area contributed by atoms with E-state index in [0.717, 1.165) is 30.2 Å². The number of carbonyl (C=O) groups is 1. The number of hydrogen-bond donors (Lipinski definition) is 1. The molecule has 1 aromatic heterocycles. The molecule has 1 N–H and O–H groups in total. The third kappa shape index (κ3) is 4.55. The topological polar surface area (TPSA) is 42.0 Å². The summed E-state index contributed by atoms with van der Waals surface area (Å²) in [6, 6.07) is 3.95. The highest BCUT2D eigenvalue weighted by atomic mass is 79.9. The van der Waals surface area contributed by atoms with Crippen LogP contribution in [0.25, 0.3) is 0 Å². The molecule has 112 valence electrons. The minimum atomic E-state index is -0.212. The molecule has 0 bridgehead atoms. The predicted octanol–water partition coefficient (Wildman–Crippen LogP) is 5.40. The van der Waals surface area contributed by atoms with Gasteiger partial charge in [0.05, 0.1) is 10.9 Å². The lowest BCUT2D eigenvalue weighted by molar-refractivity contribution is -0.115. The molecule has 1 amide bonds. The summed E-state index contributed by atoms with van der Waals surface area (Å²) in [7, 11) is 0. The maximum absolute atomic E-state index is 12.3. The number of nitrogens with one attached hydrogen (secondary N) is 1.